The van der Waals surface area contributed by atoms with Gasteiger partial charge in [-0.25, -0.2) is 0 Å². The maximum absolute atomic E-state index is 11.2. The summed E-state index contributed by atoms with van der Waals surface area (Å²) in [7, 11) is 2.65. The molecule has 1 fully saturated rings. The molecule has 0 N–H and O–H groups in total. The van der Waals surface area contributed by atoms with Gasteiger partial charge in [0.05, 0.1) is 26.1 Å². The van der Waals surface area contributed by atoms with E-state index in [1.54, 1.807) is 0 Å². The third kappa shape index (κ3) is 1.41. The van der Waals surface area contributed by atoms with Crippen molar-refractivity contribution in [2.45, 2.75) is 13.8 Å². The second-order valence-corrected chi connectivity index (χ2v) is 3.82. The summed E-state index contributed by atoms with van der Waals surface area (Å²) in [6.07, 6.45) is 0. The molecule has 0 aromatic carbocycles. The van der Waals surface area contributed by atoms with E-state index in [1.165, 1.54) is 14.2 Å². The van der Waals surface area contributed by atoms with Crippen molar-refractivity contribution in [1.29, 1.82) is 0 Å². The van der Waals surface area contributed by atoms with Crippen LogP contribution in [0.4, 0.5) is 0 Å². The monoisotopic (exact) mass is 186 g/mol. The molecule has 4 heteroatoms. The molecule has 1 saturated carbocycles. The number of hydrogen-bond acceptors (Lipinski definition) is 4. The van der Waals surface area contributed by atoms with Crippen LogP contribution < -0.4 is 0 Å². The van der Waals surface area contributed by atoms with Crippen molar-refractivity contribution in [2.75, 3.05) is 14.2 Å². The van der Waals surface area contributed by atoms with Gasteiger partial charge in [-0.1, -0.05) is 13.8 Å². The summed E-state index contributed by atoms with van der Waals surface area (Å²) in [6.45, 7) is 3.71. The number of methoxy groups -OCH3 is 2. The SMILES string of the molecule is COC(=O)C1C(C(=O)OC)C1(C)C. The van der Waals surface area contributed by atoms with Gasteiger partial charge in [-0.2, -0.15) is 0 Å². The van der Waals surface area contributed by atoms with Crippen LogP contribution in [0.25, 0.3) is 0 Å². The molecule has 0 spiro atoms. The van der Waals surface area contributed by atoms with Gasteiger partial charge < -0.3 is 9.47 Å². The summed E-state index contributed by atoms with van der Waals surface area (Å²) >= 11 is 0. The van der Waals surface area contributed by atoms with E-state index in [1.807, 2.05) is 13.8 Å². The molecule has 0 heterocycles. The zero-order chi connectivity index (χ0) is 10.2. The van der Waals surface area contributed by atoms with Crippen LogP contribution in [0, 0.1) is 17.3 Å². The molecular formula is C9H14O4. The zero-order valence-corrected chi connectivity index (χ0v) is 8.29. The molecule has 0 bridgehead atoms. The molecule has 74 valence electrons. The minimum absolute atomic E-state index is 0.319. The molecule has 0 aromatic rings. The average Bonchev–Trinajstić information content (AvgIpc) is 2.66. The number of carbonyl (C=O) groups excluding carboxylic acids is 2. The number of carbonyl (C=O) groups is 2. The van der Waals surface area contributed by atoms with Gasteiger partial charge in [-0.3, -0.25) is 9.59 Å². The molecule has 13 heavy (non-hydrogen) atoms. The summed E-state index contributed by atoms with van der Waals surface area (Å²) in [5.41, 5.74) is -0.319. The van der Waals surface area contributed by atoms with Crippen molar-refractivity contribution < 1.29 is 19.1 Å². The van der Waals surface area contributed by atoms with Crippen molar-refractivity contribution in [2.24, 2.45) is 17.3 Å². The van der Waals surface area contributed by atoms with Gasteiger partial charge in [-0.15, -0.1) is 0 Å². The van der Waals surface area contributed by atoms with Crippen molar-refractivity contribution in [1.82, 2.24) is 0 Å². The Balaban J connectivity index is 2.71. The highest BCUT2D eigenvalue weighted by molar-refractivity contribution is 5.89. The summed E-state index contributed by atoms with van der Waals surface area (Å²) in [4.78, 5) is 22.4. The first-order chi connectivity index (χ1) is 5.96. The lowest BCUT2D eigenvalue weighted by atomic mass is 10.1. The zero-order valence-electron chi connectivity index (χ0n) is 8.29. The van der Waals surface area contributed by atoms with E-state index in [0.29, 0.717) is 0 Å². The van der Waals surface area contributed by atoms with Gasteiger partial charge in [0.1, 0.15) is 0 Å². The first-order valence-corrected chi connectivity index (χ1v) is 4.12. The van der Waals surface area contributed by atoms with E-state index < -0.39 is 0 Å². The van der Waals surface area contributed by atoms with Crippen LogP contribution in [0.1, 0.15) is 13.8 Å². The molecule has 1 aliphatic rings. The first-order valence-electron chi connectivity index (χ1n) is 4.12. The number of rotatable bonds is 2. The van der Waals surface area contributed by atoms with Crippen LogP contribution in [-0.2, 0) is 19.1 Å². The van der Waals surface area contributed by atoms with Gasteiger partial charge in [0.25, 0.3) is 0 Å². The van der Waals surface area contributed by atoms with E-state index >= 15 is 0 Å². The van der Waals surface area contributed by atoms with E-state index in [2.05, 4.69) is 9.47 Å². The Morgan fingerprint density at radius 3 is 1.54 bits per heavy atom. The summed E-state index contributed by atoms with van der Waals surface area (Å²) in [5.74, 6) is -1.35. The van der Waals surface area contributed by atoms with Crippen molar-refractivity contribution in [3.05, 3.63) is 0 Å². The second kappa shape index (κ2) is 3.01. The summed E-state index contributed by atoms with van der Waals surface area (Å²) < 4.78 is 9.18. The van der Waals surface area contributed by atoms with Crippen molar-refractivity contribution >= 4 is 11.9 Å². The van der Waals surface area contributed by atoms with Gasteiger partial charge in [0, 0.05) is 0 Å². The van der Waals surface area contributed by atoms with Gasteiger partial charge in [0.2, 0.25) is 0 Å². The largest absolute Gasteiger partial charge is 0.469 e. The molecule has 0 amide bonds. The van der Waals surface area contributed by atoms with Crippen LogP contribution in [0.3, 0.4) is 0 Å². The predicted molar refractivity (Wildman–Crippen MR) is 44.8 cm³/mol. The fraction of sp³-hybridized carbons (Fsp3) is 0.778. The highest BCUT2D eigenvalue weighted by Gasteiger charge is 2.67. The molecule has 0 saturated heterocycles. The Bertz CT molecular complexity index is 220. The first kappa shape index (κ1) is 10.0. The lowest BCUT2D eigenvalue weighted by molar-refractivity contribution is -0.148. The van der Waals surface area contributed by atoms with Crippen molar-refractivity contribution in [3.8, 4) is 0 Å². The quantitative estimate of drug-likeness (QED) is 0.593. The molecule has 2 unspecified atom stereocenters. The Morgan fingerprint density at radius 1 is 1.00 bits per heavy atom. The smallest absolute Gasteiger partial charge is 0.310 e. The summed E-state index contributed by atoms with van der Waals surface area (Å²) in [5, 5.41) is 0. The molecule has 1 aliphatic carbocycles. The Morgan fingerprint density at radius 2 is 1.31 bits per heavy atom. The van der Waals surface area contributed by atoms with E-state index in [4.69, 9.17) is 0 Å². The minimum atomic E-state index is -0.343. The molecular weight excluding hydrogens is 172 g/mol. The maximum atomic E-state index is 11.2. The number of esters is 2. The fourth-order valence-corrected chi connectivity index (χ4v) is 1.77. The van der Waals surface area contributed by atoms with E-state index in [9.17, 15) is 9.59 Å². The molecule has 0 radical (unpaired) electrons. The Kier molecular flexibility index (Phi) is 2.32. The molecule has 0 aliphatic heterocycles. The Labute approximate surface area is 77.2 Å². The van der Waals surface area contributed by atoms with Gasteiger partial charge >= 0.3 is 11.9 Å². The molecule has 0 aromatic heterocycles. The molecule has 1 rings (SSSR count). The highest BCUT2D eigenvalue weighted by atomic mass is 16.5. The number of hydrogen-bond donors (Lipinski definition) is 0. The van der Waals surface area contributed by atoms with E-state index in [-0.39, 0.29) is 29.2 Å². The van der Waals surface area contributed by atoms with Gasteiger partial charge in [-0.05, 0) is 5.41 Å². The Hall–Kier alpha value is -1.06. The second-order valence-electron chi connectivity index (χ2n) is 3.82. The maximum Gasteiger partial charge on any atom is 0.310 e. The predicted octanol–water partition coefficient (Wildman–Crippen LogP) is 0.605. The van der Waals surface area contributed by atoms with Crippen LogP contribution in [0.5, 0.6) is 0 Å². The topological polar surface area (TPSA) is 52.6 Å². The fourth-order valence-electron chi connectivity index (χ4n) is 1.77. The highest BCUT2D eigenvalue weighted by Crippen LogP contribution is 2.59. The van der Waals surface area contributed by atoms with Crippen LogP contribution in [0.2, 0.25) is 0 Å². The lowest BCUT2D eigenvalue weighted by Crippen LogP contribution is -2.10. The lowest BCUT2D eigenvalue weighted by Gasteiger charge is -1.99. The average molecular weight is 186 g/mol. The van der Waals surface area contributed by atoms with Gasteiger partial charge in [0.15, 0.2) is 0 Å². The third-order valence-corrected chi connectivity index (χ3v) is 2.74. The molecule has 4 nitrogen and oxygen atoms in total. The van der Waals surface area contributed by atoms with Crippen LogP contribution in [0.15, 0.2) is 0 Å². The molecule has 2 atom stereocenters. The standard InChI is InChI=1S/C9H14O4/c1-9(2)5(7(10)12-3)6(9)8(11)13-4/h5-6H,1-4H3. The normalized spacial score (nSPS) is 29.2. The number of ether oxygens (including phenoxy) is 2. The van der Waals surface area contributed by atoms with Crippen LogP contribution in [-0.4, -0.2) is 26.2 Å². The third-order valence-electron chi connectivity index (χ3n) is 2.74. The minimum Gasteiger partial charge on any atom is -0.469 e. The van der Waals surface area contributed by atoms with E-state index in [0.717, 1.165) is 0 Å². The van der Waals surface area contributed by atoms with Crippen LogP contribution >= 0.6 is 0 Å². The summed E-state index contributed by atoms with van der Waals surface area (Å²) in [6, 6.07) is 0. The van der Waals surface area contributed by atoms with Crippen molar-refractivity contribution in [3.63, 3.8) is 0 Å².